The number of amides is 1. The van der Waals surface area contributed by atoms with E-state index >= 15 is 0 Å². The summed E-state index contributed by atoms with van der Waals surface area (Å²) in [6, 6.07) is 3.91. The third kappa shape index (κ3) is 3.06. The lowest BCUT2D eigenvalue weighted by Crippen LogP contribution is -2.27. The molecular weight excluding hydrogens is 218 g/mol. The second kappa shape index (κ2) is 5.48. The Hall–Kier alpha value is -1.84. The molecule has 4 nitrogen and oxygen atoms in total. The maximum Gasteiger partial charge on any atom is 0.286 e. The highest BCUT2D eigenvalue weighted by Crippen LogP contribution is 2.24. The molecule has 0 fully saturated rings. The molecule has 0 atom stereocenters. The van der Waals surface area contributed by atoms with Crippen molar-refractivity contribution in [2.24, 2.45) is 0 Å². The summed E-state index contributed by atoms with van der Waals surface area (Å²) >= 11 is 0. The number of carbonyl (C=O) groups is 2. The molecule has 1 rings (SSSR count). The van der Waals surface area contributed by atoms with Crippen molar-refractivity contribution in [2.45, 2.75) is 20.4 Å². The van der Waals surface area contributed by atoms with Crippen LogP contribution in [-0.4, -0.2) is 31.3 Å². The Kier molecular flexibility index (Phi) is 4.26. The Morgan fingerprint density at radius 3 is 2.47 bits per heavy atom. The topological polar surface area (TPSA) is 46.6 Å². The largest absolute Gasteiger partial charge is 0.496 e. The van der Waals surface area contributed by atoms with Gasteiger partial charge < -0.3 is 9.64 Å². The van der Waals surface area contributed by atoms with E-state index in [1.54, 1.807) is 14.2 Å². The first-order chi connectivity index (χ1) is 7.99. The summed E-state index contributed by atoms with van der Waals surface area (Å²) in [4.78, 5) is 22.9. The Morgan fingerprint density at radius 2 is 1.94 bits per heavy atom. The highest BCUT2D eigenvalue weighted by molar-refractivity contribution is 6.23. The minimum absolute atomic E-state index is 0.313. The van der Waals surface area contributed by atoms with Gasteiger partial charge in [0.2, 0.25) is 6.29 Å². The Morgan fingerprint density at radius 1 is 1.35 bits per heavy atom. The van der Waals surface area contributed by atoms with Crippen molar-refractivity contribution in [2.75, 3.05) is 14.2 Å². The summed E-state index contributed by atoms with van der Waals surface area (Å²) in [7, 11) is 3.18. The molecule has 0 unspecified atom stereocenters. The van der Waals surface area contributed by atoms with E-state index in [1.807, 2.05) is 26.0 Å². The molecule has 0 radical (unpaired) electrons. The van der Waals surface area contributed by atoms with Crippen molar-refractivity contribution < 1.29 is 14.3 Å². The van der Waals surface area contributed by atoms with Crippen molar-refractivity contribution >= 4 is 12.2 Å². The zero-order chi connectivity index (χ0) is 13.0. The van der Waals surface area contributed by atoms with Crippen LogP contribution in [0.25, 0.3) is 0 Å². The minimum atomic E-state index is -0.537. The summed E-state index contributed by atoms with van der Waals surface area (Å²) < 4.78 is 5.27. The number of rotatable bonds is 4. The number of carbonyl (C=O) groups excluding carboxylic acids is 2. The van der Waals surface area contributed by atoms with Gasteiger partial charge in [0.05, 0.1) is 7.11 Å². The molecule has 0 aliphatic rings. The summed E-state index contributed by atoms with van der Waals surface area (Å²) in [6.07, 6.45) is 0.313. The number of likely N-dealkylation sites (N-methyl/N-ethyl adjacent to an activating group) is 1. The molecule has 0 aliphatic heterocycles. The minimum Gasteiger partial charge on any atom is -0.496 e. The zero-order valence-electron chi connectivity index (χ0n) is 10.6. The first-order valence-electron chi connectivity index (χ1n) is 5.34. The van der Waals surface area contributed by atoms with E-state index < -0.39 is 5.91 Å². The van der Waals surface area contributed by atoms with Gasteiger partial charge in [-0.3, -0.25) is 9.59 Å². The van der Waals surface area contributed by atoms with Crippen LogP contribution in [0.3, 0.4) is 0 Å². The SMILES string of the molecule is COc1cc(C)c(C)cc1CN(C)C(=O)C=O. The molecule has 0 spiro atoms. The summed E-state index contributed by atoms with van der Waals surface area (Å²) in [5.41, 5.74) is 3.16. The van der Waals surface area contributed by atoms with Gasteiger partial charge in [-0.05, 0) is 31.0 Å². The van der Waals surface area contributed by atoms with Crippen LogP contribution in [-0.2, 0) is 16.1 Å². The van der Waals surface area contributed by atoms with Gasteiger partial charge in [-0.1, -0.05) is 6.07 Å². The van der Waals surface area contributed by atoms with E-state index in [4.69, 9.17) is 4.74 Å². The van der Waals surface area contributed by atoms with E-state index in [9.17, 15) is 9.59 Å². The third-order valence-corrected chi connectivity index (χ3v) is 2.78. The van der Waals surface area contributed by atoms with Crippen molar-refractivity contribution in [3.05, 3.63) is 28.8 Å². The molecule has 0 N–H and O–H groups in total. The molecule has 4 heteroatoms. The average Bonchev–Trinajstić information content (AvgIpc) is 2.32. The first-order valence-corrected chi connectivity index (χ1v) is 5.34. The quantitative estimate of drug-likeness (QED) is 0.586. The van der Waals surface area contributed by atoms with E-state index in [0.29, 0.717) is 12.8 Å². The maximum atomic E-state index is 11.2. The number of aldehydes is 1. The molecule has 0 heterocycles. The standard InChI is InChI=1S/C13H17NO3/c1-9-5-11(7-14(3)13(16)8-15)12(17-4)6-10(9)2/h5-6,8H,7H2,1-4H3. The Labute approximate surface area is 101 Å². The molecule has 0 bridgehead atoms. The van der Waals surface area contributed by atoms with Gasteiger partial charge in [0.1, 0.15) is 5.75 Å². The normalized spacial score (nSPS) is 9.88. The molecule has 0 saturated carbocycles. The lowest BCUT2D eigenvalue weighted by atomic mass is 10.0. The highest BCUT2D eigenvalue weighted by Gasteiger charge is 2.12. The molecule has 17 heavy (non-hydrogen) atoms. The number of hydrogen-bond donors (Lipinski definition) is 0. The van der Waals surface area contributed by atoms with Crippen molar-refractivity contribution in [1.29, 1.82) is 0 Å². The van der Waals surface area contributed by atoms with Gasteiger partial charge in [0, 0.05) is 19.2 Å². The van der Waals surface area contributed by atoms with Gasteiger partial charge in [-0.2, -0.15) is 0 Å². The fraction of sp³-hybridized carbons (Fsp3) is 0.385. The molecule has 0 aromatic heterocycles. The van der Waals surface area contributed by atoms with Gasteiger partial charge >= 0.3 is 0 Å². The summed E-state index contributed by atoms with van der Waals surface area (Å²) in [5, 5.41) is 0. The average molecular weight is 235 g/mol. The first kappa shape index (κ1) is 13.2. The maximum absolute atomic E-state index is 11.2. The monoisotopic (exact) mass is 235 g/mol. The predicted octanol–water partition coefficient (Wildman–Crippen LogP) is 1.47. The summed E-state index contributed by atoms with van der Waals surface area (Å²) in [6.45, 7) is 4.36. The van der Waals surface area contributed by atoms with Crippen LogP contribution in [0, 0.1) is 13.8 Å². The second-order valence-electron chi connectivity index (χ2n) is 4.06. The lowest BCUT2D eigenvalue weighted by molar-refractivity contribution is -0.138. The second-order valence-corrected chi connectivity index (χ2v) is 4.06. The van der Waals surface area contributed by atoms with Crippen LogP contribution >= 0.6 is 0 Å². The number of nitrogens with zero attached hydrogens (tertiary/aromatic N) is 1. The number of ether oxygens (including phenoxy) is 1. The molecule has 0 aliphatic carbocycles. The Balaban J connectivity index is 3.01. The van der Waals surface area contributed by atoms with E-state index in [-0.39, 0.29) is 0 Å². The van der Waals surface area contributed by atoms with Gasteiger partial charge in [0.25, 0.3) is 5.91 Å². The number of benzene rings is 1. The highest BCUT2D eigenvalue weighted by atomic mass is 16.5. The molecule has 1 aromatic rings. The lowest BCUT2D eigenvalue weighted by Gasteiger charge is -2.17. The summed E-state index contributed by atoms with van der Waals surface area (Å²) in [5.74, 6) is 0.198. The molecule has 1 aromatic carbocycles. The van der Waals surface area contributed by atoms with Crippen LogP contribution in [0.2, 0.25) is 0 Å². The van der Waals surface area contributed by atoms with E-state index in [1.165, 1.54) is 4.90 Å². The van der Waals surface area contributed by atoms with Crippen LogP contribution in [0.4, 0.5) is 0 Å². The van der Waals surface area contributed by atoms with Gasteiger partial charge in [-0.25, -0.2) is 0 Å². The fourth-order valence-electron chi connectivity index (χ4n) is 1.59. The van der Waals surface area contributed by atoms with Gasteiger partial charge in [0.15, 0.2) is 0 Å². The van der Waals surface area contributed by atoms with Crippen LogP contribution in [0.5, 0.6) is 5.75 Å². The van der Waals surface area contributed by atoms with Crippen LogP contribution < -0.4 is 4.74 Å². The van der Waals surface area contributed by atoms with Crippen molar-refractivity contribution in [1.82, 2.24) is 4.90 Å². The van der Waals surface area contributed by atoms with Crippen molar-refractivity contribution in [3.8, 4) is 5.75 Å². The third-order valence-electron chi connectivity index (χ3n) is 2.78. The number of hydrogen-bond acceptors (Lipinski definition) is 3. The zero-order valence-corrected chi connectivity index (χ0v) is 10.6. The number of methoxy groups -OCH3 is 1. The molecule has 92 valence electrons. The van der Waals surface area contributed by atoms with Gasteiger partial charge in [-0.15, -0.1) is 0 Å². The molecule has 1 amide bonds. The Bertz CT molecular complexity index is 441. The number of aryl methyl sites for hydroxylation is 2. The van der Waals surface area contributed by atoms with Crippen LogP contribution in [0.1, 0.15) is 16.7 Å². The smallest absolute Gasteiger partial charge is 0.286 e. The fourth-order valence-corrected chi connectivity index (χ4v) is 1.59. The predicted molar refractivity (Wildman–Crippen MR) is 65.0 cm³/mol. The molecule has 0 saturated heterocycles. The van der Waals surface area contributed by atoms with Crippen molar-refractivity contribution in [3.63, 3.8) is 0 Å². The van der Waals surface area contributed by atoms with Crippen LogP contribution in [0.15, 0.2) is 12.1 Å². The molecular formula is C13H17NO3. The van der Waals surface area contributed by atoms with E-state index in [2.05, 4.69) is 0 Å². The van der Waals surface area contributed by atoms with E-state index in [0.717, 1.165) is 22.4 Å².